The van der Waals surface area contributed by atoms with Gasteiger partial charge in [-0.25, -0.2) is 14.6 Å². The van der Waals surface area contributed by atoms with Gasteiger partial charge in [-0.1, -0.05) is 18.2 Å². The molecule has 5 aromatic rings. The molecule has 5 heterocycles. The average molecular weight is 428 g/mol. The van der Waals surface area contributed by atoms with Crippen molar-refractivity contribution < 1.29 is 9.84 Å². The van der Waals surface area contributed by atoms with E-state index in [2.05, 4.69) is 33.3 Å². The molecule has 162 valence electrons. The normalized spacial score (nSPS) is 16.8. The molecule has 6 rings (SSSR count). The Balaban J connectivity index is 1.29. The fourth-order valence-electron chi connectivity index (χ4n) is 4.47. The molecular weight excluding hydrogens is 404 g/mol. The molecule has 1 fully saturated rings. The van der Waals surface area contributed by atoms with Crippen LogP contribution in [-0.2, 0) is 17.9 Å². The first kappa shape index (κ1) is 19.2. The number of nitrogens with zero attached hydrogens (tertiary/aromatic N) is 6. The summed E-state index contributed by atoms with van der Waals surface area (Å²) in [7, 11) is 0. The number of hydrogen-bond acceptors (Lipinski definition) is 5. The van der Waals surface area contributed by atoms with Gasteiger partial charge >= 0.3 is 0 Å². The molecule has 1 unspecified atom stereocenters. The zero-order chi connectivity index (χ0) is 21.5. The SMILES string of the molecule is OCc1ccc2nc(Cn3cnc(-c4cccc5c4cnn5C4CCCCO4)c3)cn2c1. The van der Waals surface area contributed by atoms with E-state index in [4.69, 9.17) is 4.74 Å². The predicted molar refractivity (Wildman–Crippen MR) is 120 cm³/mol. The average Bonchev–Trinajstić information content (AvgIpc) is 3.57. The van der Waals surface area contributed by atoms with E-state index in [9.17, 15) is 5.11 Å². The van der Waals surface area contributed by atoms with Gasteiger partial charge in [0.2, 0.25) is 0 Å². The van der Waals surface area contributed by atoms with Crippen molar-refractivity contribution in [3.8, 4) is 11.3 Å². The number of fused-ring (bicyclic) bond motifs is 2. The Kier molecular flexibility index (Phi) is 4.74. The van der Waals surface area contributed by atoms with E-state index < -0.39 is 0 Å². The Hall–Kier alpha value is -3.49. The minimum atomic E-state index is 0.00968. The summed E-state index contributed by atoms with van der Waals surface area (Å²) in [6.07, 6.45) is 13.0. The van der Waals surface area contributed by atoms with E-state index in [0.717, 1.165) is 58.5 Å². The summed E-state index contributed by atoms with van der Waals surface area (Å²) in [6.45, 7) is 1.43. The first-order chi connectivity index (χ1) is 15.8. The number of imidazole rings is 2. The number of aliphatic hydroxyl groups is 1. The van der Waals surface area contributed by atoms with Gasteiger partial charge in [-0.3, -0.25) is 0 Å². The lowest BCUT2D eigenvalue weighted by atomic mass is 10.1. The number of aliphatic hydroxyl groups excluding tert-OH is 1. The zero-order valence-electron chi connectivity index (χ0n) is 17.6. The van der Waals surface area contributed by atoms with Gasteiger partial charge in [0.15, 0.2) is 6.23 Å². The first-order valence-corrected chi connectivity index (χ1v) is 11.0. The lowest BCUT2D eigenvalue weighted by molar-refractivity contribution is -0.0366. The molecule has 0 amide bonds. The third kappa shape index (κ3) is 3.37. The van der Waals surface area contributed by atoms with Crippen molar-refractivity contribution in [1.29, 1.82) is 0 Å². The fourth-order valence-corrected chi connectivity index (χ4v) is 4.47. The van der Waals surface area contributed by atoms with Crippen molar-refractivity contribution in [2.75, 3.05) is 6.61 Å². The maximum atomic E-state index is 9.34. The van der Waals surface area contributed by atoms with Crippen molar-refractivity contribution in [3.05, 3.63) is 72.7 Å². The van der Waals surface area contributed by atoms with Crippen LogP contribution in [0.4, 0.5) is 0 Å². The van der Waals surface area contributed by atoms with E-state index in [1.54, 1.807) is 0 Å². The molecule has 0 radical (unpaired) electrons. The van der Waals surface area contributed by atoms with Crippen LogP contribution in [0.5, 0.6) is 0 Å². The maximum absolute atomic E-state index is 9.34. The first-order valence-electron chi connectivity index (χ1n) is 11.0. The highest BCUT2D eigenvalue weighted by atomic mass is 16.5. The van der Waals surface area contributed by atoms with Gasteiger partial charge in [0.05, 0.1) is 42.6 Å². The molecule has 0 aliphatic carbocycles. The molecule has 1 N–H and O–H groups in total. The second kappa shape index (κ2) is 7.89. The van der Waals surface area contributed by atoms with Gasteiger partial charge in [-0.15, -0.1) is 0 Å². The Morgan fingerprint density at radius 3 is 2.94 bits per heavy atom. The number of pyridine rings is 1. The Morgan fingerprint density at radius 1 is 1.09 bits per heavy atom. The largest absolute Gasteiger partial charge is 0.392 e. The standard InChI is InChI=1S/C24H24N6O2/c31-15-17-7-8-23-27-18(13-29(23)11-17)12-28-14-21(25-16-28)19-4-3-5-22-20(19)10-26-30(22)24-6-1-2-9-32-24/h3-5,7-8,10-11,13-14,16,24,31H,1-2,6,9,12,15H2. The fraction of sp³-hybridized carbons (Fsp3) is 0.292. The lowest BCUT2D eigenvalue weighted by Gasteiger charge is -2.23. The van der Waals surface area contributed by atoms with E-state index in [1.165, 1.54) is 6.42 Å². The Morgan fingerprint density at radius 2 is 2.06 bits per heavy atom. The van der Waals surface area contributed by atoms with Gasteiger partial charge in [-0.2, -0.15) is 5.10 Å². The second-order valence-electron chi connectivity index (χ2n) is 8.27. The van der Waals surface area contributed by atoms with E-state index in [1.807, 2.05) is 56.9 Å². The van der Waals surface area contributed by atoms with Crippen molar-refractivity contribution in [2.45, 2.75) is 38.6 Å². The van der Waals surface area contributed by atoms with E-state index in [0.29, 0.717) is 6.54 Å². The second-order valence-corrected chi connectivity index (χ2v) is 8.27. The molecule has 1 aliphatic rings. The van der Waals surface area contributed by atoms with Gasteiger partial charge in [0, 0.05) is 36.1 Å². The van der Waals surface area contributed by atoms with Crippen LogP contribution in [-0.4, -0.2) is 40.4 Å². The Bertz CT molecular complexity index is 1390. The van der Waals surface area contributed by atoms with Crippen molar-refractivity contribution >= 4 is 16.6 Å². The summed E-state index contributed by atoms with van der Waals surface area (Å²) in [4.78, 5) is 9.34. The smallest absolute Gasteiger partial charge is 0.150 e. The number of aromatic nitrogens is 6. The third-order valence-corrected chi connectivity index (χ3v) is 6.07. The van der Waals surface area contributed by atoms with Crippen LogP contribution in [0.2, 0.25) is 0 Å². The van der Waals surface area contributed by atoms with Crippen molar-refractivity contribution in [3.63, 3.8) is 0 Å². The minimum Gasteiger partial charge on any atom is -0.392 e. The monoisotopic (exact) mass is 428 g/mol. The lowest BCUT2D eigenvalue weighted by Crippen LogP contribution is -2.18. The molecule has 0 saturated carbocycles. The minimum absolute atomic E-state index is 0.00968. The molecule has 4 aromatic heterocycles. The molecule has 1 aliphatic heterocycles. The van der Waals surface area contributed by atoms with Crippen LogP contribution >= 0.6 is 0 Å². The predicted octanol–water partition coefficient (Wildman–Crippen LogP) is 3.79. The molecular formula is C24H24N6O2. The summed E-state index contributed by atoms with van der Waals surface area (Å²) in [5.74, 6) is 0. The van der Waals surface area contributed by atoms with Crippen LogP contribution in [0.15, 0.2) is 61.4 Å². The summed E-state index contributed by atoms with van der Waals surface area (Å²) >= 11 is 0. The van der Waals surface area contributed by atoms with E-state index >= 15 is 0 Å². The third-order valence-electron chi connectivity index (χ3n) is 6.07. The molecule has 8 nitrogen and oxygen atoms in total. The maximum Gasteiger partial charge on any atom is 0.150 e. The molecule has 32 heavy (non-hydrogen) atoms. The number of benzene rings is 1. The van der Waals surface area contributed by atoms with Crippen LogP contribution in [0.1, 0.15) is 36.7 Å². The number of hydrogen-bond donors (Lipinski definition) is 1. The van der Waals surface area contributed by atoms with Crippen LogP contribution in [0.25, 0.3) is 27.8 Å². The summed E-state index contributed by atoms with van der Waals surface area (Å²) in [5, 5.41) is 15.1. The number of ether oxygens (including phenoxy) is 1. The van der Waals surface area contributed by atoms with Crippen LogP contribution in [0, 0.1) is 0 Å². The van der Waals surface area contributed by atoms with Crippen LogP contribution in [0.3, 0.4) is 0 Å². The van der Waals surface area contributed by atoms with Crippen LogP contribution < -0.4 is 0 Å². The van der Waals surface area contributed by atoms with E-state index in [-0.39, 0.29) is 12.8 Å². The quantitative estimate of drug-likeness (QED) is 0.461. The van der Waals surface area contributed by atoms with Gasteiger partial charge in [-0.05, 0) is 37.0 Å². The number of rotatable bonds is 5. The topological polar surface area (TPSA) is 82.4 Å². The highest BCUT2D eigenvalue weighted by molar-refractivity contribution is 5.93. The highest BCUT2D eigenvalue weighted by Gasteiger charge is 2.20. The highest BCUT2D eigenvalue weighted by Crippen LogP contribution is 2.31. The summed E-state index contributed by atoms with van der Waals surface area (Å²) in [5.41, 5.74) is 5.70. The van der Waals surface area contributed by atoms with Gasteiger partial charge in [0.1, 0.15) is 5.65 Å². The summed E-state index contributed by atoms with van der Waals surface area (Å²) in [6, 6.07) is 10.0. The summed E-state index contributed by atoms with van der Waals surface area (Å²) < 4.78 is 11.9. The Labute approximate surface area is 184 Å². The van der Waals surface area contributed by atoms with Crippen molar-refractivity contribution in [1.82, 2.24) is 28.7 Å². The van der Waals surface area contributed by atoms with Gasteiger partial charge in [0.25, 0.3) is 0 Å². The molecule has 0 spiro atoms. The van der Waals surface area contributed by atoms with Crippen molar-refractivity contribution in [2.24, 2.45) is 0 Å². The zero-order valence-corrected chi connectivity index (χ0v) is 17.6. The molecule has 1 atom stereocenters. The molecule has 1 saturated heterocycles. The van der Waals surface area contributed by atoms with Gasteiger partial charge < -0.3 is 18.8 Å². The molecule has 0 bridgehead atoms. The molecule has 8 heteroatoms. The molecule has 1 aromatic carbocycles.